The van der Waals surface area contributed by atoms with Crippen molar-refractivity contribution in [2.75, 3.05) is 13.7 Å². The van der Waals surface area contributed by atoms with E-state index in [0.29, 0.717) is 0 Å². The average molecular weight is 393 g/mol. The predicted octanol–water partition coefficient (Wildman–Crippen LogP) is 3.72. The fourth-order valence-electron chi connectivity index (χ4n) is 2.57. The maximum Gasteiger partial charge on any atom is 0.387 e. The van der Waals surface area contributed by atoms with Crippen molar-refractivity contribution in [3.63, 3.8) is 0 Å². The molecule has 1 unspecified atom stereocenters. The molecule has 0 aromatic heterocycles. The molecule has 0 aliphatic carbocycles. The second-order valence-electron chi connectivity index (χ2n) is 5.69. The van der Waals surface area contributed by atoms with Crippen LogP contribution < -0.4 is 14.8 Å². The lowest BCUT2D eigenvalue weighted by atomic mass is 10.0. The maximum absolute atomic E-state index is 12.7. The van der Waals surface area contributed by atoms with Crippen LogP contribution in [0.15, 0.2) is 48.5 Å². The third-order valence-electron chi connectivity index (χ3n) is 3.83. The largest absolute Gasteiger partial charge is 0.493 e. The van der Waals surface area contributed by atoms with Gasteiger partial charge in [-0.05, 0) is 30.7 Å². The molecule has 0 aliphatic rings. The first-order valence-corrected chi connectivity index (χ1v) is 8.58. The van der Waals surface area contributed by atoms with E-state index in [9.17, 15) is 18.4 Å². The van der Waals surface area contributed by atoms with E-state index < -0.39 is 24.5 Å². The summed E-state index contributed by atoms with van der Waals surface area (Å²) >= 11 is 0. The molecule has 2 aromatic carbocycles. The van der Waals surface area contributed by atoms with Crippen LogP contribution in [0.3, 0.4) is 0 Å². The summed E-state index contributed by atoms with van der Waals surface area (Å²) in [4.78, 5) is 24.6. The highest BCUT2D eigenvalue weighted by molar-refractivity contribution is 5.95. The number of alkyl halides is 2. The molecule has 0 aliphatic heterocycles. The Morgan fingerprint density at radius 2 is 1.79 bits per heavy atom. The minimum Gasteiger partial charge on any atom is -0.493 e. The SMILES string of the molecule is CCOC(=O)CC(NC(=O)c1ccc(OC(F)F)c(OC)c1)c1ccccc1. The number of carbonyl (C=O) groups is 2. The third kappa shape index (κ3) is 5.94. The van der Waals surface area contributed by atoms with Gasteiger partial charge < -0.3 is 19.5 Å². The Kier molecular flexibility index (Phi) is 7.74. The maximum atomic E-state index is 12.7. The van der Waals surface area contributed by atoms with Crippen LogP contribution in [0.5, 0.6) is 11.5 Å². The third-order valence-corrected chi connectivity index (χ3v) is 3.83. The minimum absolute atomic E-state index is 0.00500. The van der Waals surface area contributed by atoms with Crippen molar-refractivity contribution in [3.8, 4) is 11.5 Å². The molecule has 0 spiro atoms. The fraction of sp³-hybridized carbons (Fsp3) is 0.300. The molecule has 0 saturated carbocycles. The van der Waals surface area contributed by atoms with Gasteiger partial charge in [-0.2, -0.15) is 8.78 Å². The van der Waals surface area contributed by atoms with Crippen molar-refractivity contribution in [3.05, 3.63) is 59.7 Å². The number of hydrogen-bond acceptors (Lipinski definition) is 5. The van der Waals surface area contributed by atoms with Gasteiger partial charge in [0.25, 0.3) is 5.91 Å². The first-order valence-electron chi connectivity index (χ1n) is 8.58. The topological polar surface area (TPSA) is 73.9 Å². The van der Waals surface area contributed by atoms with E-state index in [2.05, 4.69) is 10.1 Å². The highest BCUT2D eigenvalue weighted by atomic mass is 19.3. The van der Waals surface area contributed by atoms with Crippen LogP contribution in [0, 0.1) is 0 Å². The summed E-state index contributed by atoms with van der Waals surface area (Å²) in [5, 5.41) is 2.77. The first kappa shape index (κ1) is 21.1. The van der Waals surface area contributed by atoms with Crippen molar-refractivity contribution in [2.24, 2.45) is 0 Å². The second kappa shape index (κ2) is 10.2. The molecule has 1 atom stereocenters. The number of halogens is 2. The van der Waals surface area contributed by atoms with Crippen molar-refractivity contribution in [1.82, 2.24) is 5.32 Å². The lowest BCUT2D eigenvalue weighted by Gasteiger charge is -2.19. The Bertz CT molecular complexity index is 798. The van der Waals surface area contributed by atoms with Crippen LogP contribution in [0.2, 0.25) is 0 Å². The summed E-state index contributed by atoms with van der Waals surface area (Å²) in [5.41, 5.74) is 0.900. The zero-order valence-corrected chi connectivity index (χ0v) is 15.5. The zero-order chi connectivity index (χ0) is 20.5. The molecule has 1 amide bonds. The van der Waals surface area contributed by atoms with Crippen LogP contribution in [0.1, 0.15) is 35.3 Å². The number of benzene rings is 2. The monoisotopic (exact) mass is 393 g/mol. The van der Waals surface area contributed by atoms with Crippen molar-refractivity contribution in [2.45, 2.75) is 26.0 Å². The lowest BCUT2D eigenvalue weighted by Crippen LogP contribution is -2.30. The molecule has 6 nitrogen and oxygen atoms in total. The van der Waals surface area contributed by atoms with Gasteiger partial charge >= 0.3 is 12.6 Å². The Morgan fingerprint density at radius 3 is 2.39 bits per heavy atom. The van der Waals surface area contributed by atoms with E-state index in [1.54, 1.807) is 31.2 Å². The van der Waals surface area contributed by atoms with Crippen LogP contribution >= 0.6 is 0 Å². The highest BCUT2D eigenvalue weighted by Gasteiger charge is 2.21. The smallest absolute Gasteiger partial charge is 0.387 e. The molecule has 0 radical (unpaired) electrons. The molecule has 8 heteroatoms. The fourth-order valence-corrected chi connectivity index (χ4v) is 2.57. The molecular weight excluding hydrogens is 372 g/mol. The molecule has 0 saturated heterocycles. The Hall–Kier alpha value is -3.16. The second-order valence-corrected chi connectivity index (χ2v) is 5.69. The predicted molar refractivity (Wildman–Crippen MR) is 97.5 cm³/mol. The van der Waals surface area contributed by atoms with E-state index in [0.717, 1.165) is 5.56 Å². The Morgan fingerprint density at radius 1 is 1.07 bits per heavy atom. The highest BCUT2D eigenvalue weighted by Crippen LogP contribution is 2.30. The van der Waals surface area contributed by atoms with Gasteiger partial charge in [-0.25, -0.2) is 0 Å². The molecule has 2 aromatic rings. The number of rotatable bonds is 9. The van der Waals surface area contributed by atoms with Crippen molar-refractivity contribution in [1.29, 1.82) is 0 Å². The van der Waals surface area contributed by atoms with Gasteiger partial charge in [0.15, 0.2) is 11.5 Å². The summed E-state index contributed by atoms with van der Waals surface area (Å²) in [7, 11) is 1.28. The van der Waals surface area contributed by atoms with E-state index >= 15 is 0 Å². The normalized spacial score (nSPS) is 11.6. The van der Waals surface area contributed by atoms with Gasteiger partial charge in [-0.15, -0.1) is 0 Å². The van der Waals surface area contributed by atoms with E-state index in [1.807, 2.05) is 6.07 Å². The molecule has 0 heterocycles. The summed E-state index contributed by atoms with van der Waals surface area (Å²) in [6.45, 7) is -1.08. The molecule has 28 heavy (non-hydrogen) atoms. The number of nitrogens with one attached hydrogen (secondary N) is 1. The van der Waals surface area contributed by atoms with Gasteiger partial charge in [0.1, 0.15) is 0 Å². The van der Waals surface area contributed by atoms with E-state index in [-0.39, 0.29) is 30.1 Å². The van der Waals surface area contributed by atoms with Gasteiger partial charge in [0.05, 0.1) is 26.2 Å². The lowest BCUT2D eigenvalue weighted by molar-refractivity contribution is -0.143. The van der Waals surface area contributed by atoms with Crippen LogP contribution in [-0.4, -0.2) is 32.2 Å². The number of methoxy groups -OCH3 is 1. The first-order chi connectivity index (χ1) is 13.4. The summed E-state index contributed by atoms with van der Waals surface area (Å²) in [6, 6.07) is 12.2. The summed E-state index contributed by atoms with van der Waals surface area (Å²) in [6.07, 6.45) is -0.0483. The average Bonchev–Trinajstić information content (AvgIpc) is 2.68. The minimum atomic E-state index is -3.01. The zero-order valence-electron chi connectivity index (χ0n) is 15.5. The van der Waals surface area contributed by atoms with Crippen LogP contribution in [0.4, 0.5) is 8.78 Å². The standard InChI is InChI=1S/C20H21F2NO5/c1-3-27-18(24)12-15(13-7-5-4-6-8-13)23-19(25)14-9-10-16(28-20(21)22)17(11-14)26-2/h4-11,15,20H,3,12H2,1-2H3,(H,23,25). The van der Waals surface area contributed by atoms with E-state index in [4.69, 9.17) is 9.47 Å². The van der Waals surface area contributed by atoms with Gasteiger partial charge in [0, 0.05) is 5.56 Å². The van der Waals surface area contributed by atoms with Gasteiger partial charge in [-0.3, -0.25) is 9.59 Å². The molecule has 150 valence electrons. The molecule has 0 bridgehead atoms. The number of esters is 1. The quantitative estimate of drug-likeness (QED) is 0.658. The van der Waals surface area contributed by atoms with Crippen LogP contribution in [-0.2, 0) is 9.53 Å². The molecule has 2 rings (SSSR count). The van der Waals surface area contributed by atoms with Gasteiger partial charge in [0.2, 0.25) is 0 Å². The van der Waals surface area contributed by atoms with Crippen LogP contribution in [0.25, 0.3) is 0 Å². The number of carbonyl (C=O) groups excluding carboxylic acids is 2. The Labute approximate surface area is 161 Å². The summed E-state index contributed by atoms with van der Waals surface area (Å²) in [5.74, 6) is -1.13. The van der Waals surface area contributed by atoms with Crippen molar-refractivity contribution < 1.29 is 32.6 Å². The number of hydrogen-bond donors (Lipinski definition) is 1. The molecular formula is C20H21F2NO5. The molecule has 0 fully saturated rings. The molecule has 1 N–H and O–H groups in total. The van der Waals surface area contributed by atoms with Crippen molar-refractivity contribution >= 4 is 11.9 Å². The number of ether oxygens (including phenoxy) is 3. The Balaban J connectivity index is 2.21. The van der Waals surface area contributed by atoms with Gasteiger partial charge in [-0.1, -0.05) is 30.3 Å². The number of amides is 1. The van der Waals surface area contributed by atoms with E-state index in [1.165, 1.54) is 25.3 Å². The summed E-state index contributed by atoms with van der Waals surface area (Å²) < 4.78 is 39.2.